The van der Waals surface area contributed by atoms with Crippen molar-refractivity contribution in [3.8, 4) is 5.75 Å². The van der Waals surface area contributed by atoms with Gasteiger partial charge in [0.15, 0.2) is 5.75 Å². The molecule has 5 heteroatoms. The predicted molar refractivity (Wildman–Crippen MR) is 62.8 cm³/mol. The van der Waals surface area contributed by atoms with Crippen molar-refractivity contribution in [3.05, 3.63) is 26.1 Å². The summed E-state index contributed by atoms with van der Waals surface area (Å²) in [6.45, 7) is 1.73. The molecule has 0 atom stereocenters. The van der Waals surface area contributed by atoms with E-state index in [4.69, 9.17) is 16.3 Å². The summed E-state index contributed by atoms with van der Waals surface area (Å²) < 4.78 is 6.52. The van der Waals surface area contributed by atoms with E-state index < -0.39 is 0 Å². The van der Waals surface area contributed by atoms with Crippen molar-refractivity contribution in [2.75, 3.05) is 0 Å². The van der Waals surface area contributed by atoms with Crippen molar-refractivity contribution in [2.45, 2.75) is 13.3 Å². The normalized spacial score (nSPS) is 10.0. The van der Waals surface area contributed by atoms with Crippen LogP contribution in [0.5, 0.6) is 5.75 Å². The fourth-order valence-electron chi connectivity index (χ4n) is 0.812. The lowest BCUT2D eigenvalue weighted by Gasteiger charge is -2.07. The van der Waals surface area contributed by atoms with Crippen LogP contribution in [0.4, 0.5) is 0 Å². The van der Waals surface area contributed by atoms with Crippen molar-refractivity contribution >= 4 is 49.4 Å². The van der Waals surface area contributed by atoms with E-state index in [1.54, 1.807) is 19.1 Å². The molecule has 14 heavy (non-hydrogen) atoms. The van der Waals surface area contributed by atoms with Crippen molar-refractivity contribution in [1.29, 1.82) is 0 Å². The van der Waals surface area contributed by atoms with Crippen molar-refractivity contribution in [2.24, 2.45) is 0 Å². The third-order valence-electron chi connectivity index (χ3n) is 1.47. The van der Waals surface area contributed by atoms with Crippen LogP contribution in [0.3, 0.4) is 0 Å². The molecule has 1 aromatic carbocycles. The zero-order valence-electron chi connectivity index (χ0n) is 7.31. The van der Waals surface area contributed by atoms with E-state index in [0.717, 1.165) is 4.47 Å². The molecule has 0 spiro atoms. The summed E-state index contributed by atoms with van der Waals surface area (Å²) in [7, 11) is 0. The van der Waals surface area contributed by atoms with Gasteiger partial charge in [0, 0.05) is 10.9 Å². The van der Waals surface area contributed by atoms with Crippen LogP contribution in [-0.4, -0.2) is 5.97 Å². The highest BCUT2D eigenvalue weighted by atomic mass is 79.9. The Kier molecular flexibility index (Phi) is 4.41. The predicted octanol–water partition coefficient (Wildman–Crippen LogP) is 4.18. The van der Waals surface area contributed by atoms with Gasteiger partial charge in [-0.2, -0.15) is 0 Å². The summed E-state index contributed by atoms with van der Waals surface area (Å²) in [5.41, 5.74) is 0. The molecular weight excluding hydrogens is 335 g/mol. The summed E-state index contributed by atoms with van der Waals surface area (Å²) in [4.78, 5) is 11.1. The van der Waals surface area contributed by atoms with E-state index in [-0.39, 0.29) is 5.97 Å². The fraction of sp³-hybridized carbons (Fsp3) is 0.222. The average Bonchev–Trinajstić information content (AvgIpc) is 2.10. The first kappa shape index (κ1) is 12.0. The zero-order chi connectivity index (χ0) is 10.7. The smallest absolute Gasteiger partial charge is 0.310 e. The molecule has 0 N–H and O–H groups in total. The lowest BCUT2D eigenvalue weighted by molar-refractivity contribution is -0.134. The Labute approximate surface area is 104 Å². The number of carbonyl (C=O) groups is 1. The number of esters is 1. The average molecular weight is 342 g/mol. The molecular formula is C9H7Br2ClO2. The number of benzene rings is 1. The largest absolute Gasteiger partial charge is 0.424 e. The molecule has 0 unspecified atom stereocenters. The van der Waals surface area contributed by atoms with Gasteiger partial charge in [-0.15, -0.1) is 0 Å². The minimum atomic E-state index is -0.310. The van der Waals surface area contributed by atoms with E-state index in [2.05, 4.69) is 31.9 Å². The second kappa shape index (κ2) is 5.14. The molecule has 0 radical (unpaired) electrons. The Morgan fingerprint density at radius 1 is 1.50 bits per heavy atom. The molecule has 0 aliphatic carbocycles. The standard InChI is InChI=1S/C9H7Br2ClO2/c1-2-8(13)14-9-6(11)3-5(10)4-7(9)12/h3-4H,2H2,1H3. The first-order valence-electron chi connectivity index (χ1n) is 3.89. The van der Waals surface area contributed by atoms with E-state index in [1.165, 1.54) is 0 Å². The van der Waals surface area contributed by atoms with Gasteiger partial charge in [0.2, 0.25) is 0 Å². The minimum absolute atomic E-state index is 0.310. The van der Waals surface area contributed by atoms with Crippen LogP contribution in [0.2, 0.25) is 5.02 Å². The summed E-state index contributed by atoms with van der Waals surface area (Å²) in [6.07, 6.45) is 0.318. The first-order valence-corrected chi connectivity index (χ1v) is 5.86. The number of hydrogen-bond acceptors (Lipinski definition) is 2. The van der Waals surface area contributed by atoms with Crippen LogP contribution in [0.25, 0.3) is 0 Å². The molecule has 0 amide bonds. The molecule has 0 bridgehead atoms. The van der Waals surface area contributed by atoms with Gasteiger partial charge in [-0.25, -0.2) is 0 Å². The van der Waals surface area contributed by atoms with Gasteiger partial charge < -0.3 is 4.74 Å². The monoisotopic (exact) mass is 340 g/mol. The summed E-state index contributed by atoms with van der Waals surface area (Å²) in [5, 5.41) is 0.396. The van der Waals surface area contributed by atoms with Crippen LogP contribution in [0.15, 0.2) is 21.1 Å². The number of rotatable bonds is 2. The van der Waals surface area contributed by atoms with E-state index in [0.29, 0.717) is 21.7 Å². The Bertz CT molecular complexity index is 343. The highest BCUT2D eigenvalue weighted by Gasteiger charge is 2.11. The molecule has 0 saturated carbocycles. The van der Waals surface area contributed by atoms with Crippen LogP contribution in [0, 0.1) is 0 Å². The number of carbonyl (C=O) groups excluding carboxylic acids is 1. The van der Waals surface area contributed by atoms with Gasteiger partial charge in [0.1, 0.15) is 0 Å². The van der Waals surface area contributed by atoms with Gasteiger partial charge in [-0.05, 0) is 28.1 Å². The van der Waals surface area contributed by atoms with Gasteiger partial charge in [0.25, 0.3) is 0 Å². The third kappa shape index (κ3) is 2.97. The number of ether oxygens (including phenoxy) is 1. The molecule has 0 fully saturated rings. The summed E-state index contributed by atoms with van der Waals surface area (Å²) in [5.74, 6) is 0.0524. The van der Waals surface area contributed by atoms with Crippen LogP contribution < -0.4 is 4.74 Å². The fourth-order valence-corrected chi connectivity index (χ4v) is 2.62. The lowest BCUT2D eigenvalue weighted by atomic mass is 10.3. The number of hydrogen-bond donors (Lipinski definition) is 0. The number of halogens is 3. The van der Waals surface area contributed by atoms with Crippen LogP contribution in [-0.2, 0) is 4.79 Å². The Morgan fingerprint density at radius 3 is 2.64 bits per heavy atom. The second-order valence-corrected chi connectivity index (χ2v) is 4.70. The Hall–Kier alpha value is -0.0600. The van der Waals surface area contributed by atoms with Crippen LogP contribution in [0.1, 0.15) is 13.3 Å². The van der Waals surface area contributed by atoms with Crippen molar-refractivity contribution in [1.82, 2.24) is 0 Å². The highest BCUT2D eigenvalue weighted by Crippen LogP contribution is 2.36. The molecule has 76 valence electrons. The second-order valence-electron chi connectivity index (χ2n) is 2.53. The minimum Gasteiger partial charge on any atom is -0.424 e. The molecule has 0 aliphatic heterocycles. The Morgan fingerprint density at radius 2 is 2.14 bits per heavy atom. The third-order valence-corrected chi connectivity index (χ3v) is 2.80. The van der Waals surface area contributed by atoms with Gasteiger partial charge in [0.05, 0.1) is 9.50 Å². The van der Waals surface area contributed by atoms with Gasteiger partial charge in [-0.3, -0.25) is 4.79 Å². The molecule has 0 heterocycles. The quantitative estimate of drug-likeness (QED) is 0.595. The topological polar surface area (TPSA) is 26.3 Å². The van der Waals surface area contributed by atoms with E-state index >= 15 is 0 Å². The zero-order valence-corrected chi connectivity index (χ0v) is 11.2. The lowest BCUT2D eigenvalue weighted by Crippen LogP contribution is -2.06. The van der Waals surface area contributed by atoms with Crippen LogP contribution >= 0.6 is 43.5 Å². The Balaban J connectivity index is 3.02. The summed E-state index contributed by atoms with van der Waals surface area (Å²) >= 11 is 12.4. The highest BCUT2D eigenvalue weighted by molar-refractivity contribution is 9.11. The van der Waals surface area contributed by atoms with Crippen molar-refractivity contribution < 1.29 is 9.53 Å². The van der Waals surface area contributed by atoms with Gasteiger partial charge in [-0.1, -0.05) is 34.5 Å². The SMILES string of the molecule is CCC(=O)Oc1c(Cl)cc(Br)cc1Br. The molecule has 0 aromatic heterocycles. The maximum atomic E-state index is 11.1. The maximum absolute atomic E-state index is 11.1. The van der Waals surface area contributed by atoms with E-state index in [1.807, 2.05) is 0 Å². The summed E-state index contributed by atoms with van der Waals surface area (Å²) in [6, 6.07) is 3.44. The molecule has 1 rings (SSSR count). The van der Waals surface area contributed by atoms with E-state index in [9.17, 15) is 4.79 Å². The van der Waals surface area contributed by atoms with Gasteiger partial charge >= 0.3 is 5.97 Å². The molecule has 2 nitrogen and oxygen atoms in total. The molecule has 1 aromatic rings. The maximum Gasteiger partial charge on any atom is 0.310 e. The van der Waals surface area contributed by atoms with Crippen molar-refractivity contribution in [3.63, 3.8) is 0 Å². The first-order chi connectivity index (χ1) is 6.54. The molecule has 0 aliphatic rings. The molecule has 0 saturated heterocycles.